The molecular weight excluding hydrogens is 250 g/mol. The molecule has 96 valence electrons. The second kappa shape index (κ2) is 5.68. The van der Waals surface area contributed by atoms with Crippen molar-refractivity contribution in [1.29, 1.82) is 0 Å². The van der Waals surface area contributed by atoms with Crippen LogP contribution in [0.3, 0.4) is 0 Å². The van der Waals surface area contributed by atoms with Gasteiger partial charge in [0, 0.05) is 29.7 Å². The molecular formula is C12H15N3O2S. The quantitative estimate of drug-likeness (QED) is 0.842. The van der Waals surface area contributed by atoms with Crippen LogP contribution >= 0.6 is 11.5 Å². The predicted molar refractivity (Wildman–Crippen MR) is 71.4 cm³/mol. The van der Waals surface area contributed by atoms with Gasteiger partial charge in [-0.05, 0) is 18.6 Å². The number of aryl methyl sites for hydroxylation is 1. The number of hydrogen-bond donors (Lipinski definition) is 1. The number of nitrogens with two attached hydrogens (primary N) is 1. The zero-order valence-corrected chi connectivity index (χ0v) is 11.2. The van der Waals surface area contributed by atoms with Crippen molar-refractivity contribution in [3.8, 4) is 16.7 Å². The molecule has 2 aromatic rings. The summed E-state index contributed by atoms with van der Waals surface area (Å²) in [5.41, 5.74) is 6.31. The van der Waals surface area contributed by atoms with Crippen molar-refractivity contribution in [2.24, 2.45) is 0 Å². The monoisotopic (exact) mass is 265 g/mol. The normalized spacial score (nSPS) is 10.3. The fraction of sp³-hybridized carbons (Fsp3) is 0.333. The number of ether oxygens (including phenoxy) is 2. The van der Waals surface area contributed by atoms with E-state index in [0.29, 0.717) is 22.4 Å². The van der Waals surface area contributed by atoms with Crippen LogP contribution in [-0.4, -0.2) is 16.5 Å². The van der Waals surface area contributed by atoms with Gasteiger partial charge in [-0.3, -0.25) is 0 Å². The first-order valence-corrected chi connectivity index (χ1v) is 6.44. The van der Waals surface area contributed by atoms with Gasteiger partial charge in [0.2, 0.25) is 0 Å². The number of nitrogens with zero attached hydrogens (tertiary/aromatic N) is 2. The summed E-state index contributed by atoms with van der Waals surface area (Å²) in [6.07, 6.45) is 1.88. The summed E-state index contributed by atoms with van der Waals surface area (Å²) in [5, 5.41) is 0.515. The van der Waals surface area contributed by atoms with E-state index in [1.807, 2.05) is 0 Å². The van der Waals surface area contributed by atoms with Crippen LogP contribution in [0.5, 0.6) is 16.7 Å². The van der Waals surface area contributed by atoms with Crippen LogP contribution in [0, 0.1) is 0 Å². The van der Waals surface area contributed by atoms with E-state index in [-0.39, 0.29) is 0 Å². The van der Waals surface area contributed by atoms with Crippen LogP contribution in [-0.2, 0) is 6.42 Å². The molecule has 0 spiro atoms. The Morgan fingerprint density at radius 3 is 2.89 bits per heavy atom. The van der Waals surface area contributed by atoms with Gasteiger partial charge >= 0.3 is 0 Å². The van der Waals surface area contributed by atoms with E-state index < -0.39 is 0 Å². The first-order valence-electron chi connectivity index (χ1n) is 5.67. The fourth-order valence-electron chi connectivity index (χ4n) is 1.47. The number of anilines is 1. The van der Waals surface area contributed by atoms with E-state index in [9.17, 15) is 0 Å². The zero-order chi connectivity index (χ0) is 13.0. The minimum atomic E-state index is 0.515. The Bertz CT molecular complexity index is 528. The lowest BCUT2D eigenvalue weighted by atomic mass is 10.3. The molecule has 2 N–H and O–H groups in total. The SMILES string of the molecule is CCCc1nsc(Oc2ccc(N)cc2OC)n1. The minimum Gasteiger partial charge on any atom is -0.493 e. The van der Waals surface area contributed by atoms with E-state index in [2.05, 4.69) is 16.3 Å². The van der Waals surface area contributed by atoms with Crippen molar-refractivity contribution in [3.63, 3.8) is 0 Å². The molecule has 0 fully saturated rings. The van der Waals surface area contributed by atoms with Gasteiger partial charge in [0.05, 0.1) is 7.11 Å². The summed E-state index contributed by atoms with van der Waals surface area (Å²) in [6, 6.07) is 5.23. The highest BCUT2D eigenvalue weighted by atomic mass is 32.1. The number of benzene rings is 1. The molecule has 1 heterocycles. The molecule has 2 rings (SSSR count). The fourth-order valence-corrected chi connectivity index (χ4v) is 2.06. The Labute approximate surface area is 110 Å². The smallest absolute Gasteiger partial charge is 0.298 e. The summed E-state index contributed by atoms with van der Waals surface area (Å²) in [4.78, 5) is 4.29. The molecule has 5 nitrogen and oxygen atoms in total. The molecule has 0 unspecified atom stereocenters. The Kier molecular flexibility index (Phi) is 3.99. The van der Waals surface area contributed by atoms with Gasteiger partial charge in [-0.25, -0.2) is 0 Å². The van der Waals surface area contributed by atoms with Crippen molar-refractivity contribution in [1.82, 2.24) is 9.36 Å². The van der Waals surface area contributed by atoms with Gasteiger partial charge in [-0.1, -0.05) is 6.92 Å². The third-order valence-electron chi connectivity index (χ3n) is 2.31. The van der Waals surface area contributed by atoms with Crippen LogP contribution in [0.25, 0.3) is 0 Å². The lowest BCUT2D eigenvalue weighted by Gasteiger charge is -2.07. The Hall–Kier alpha value is -1.82. The molecule has 18 heavy (non-hydrogen) atoms. The summed E-state index contributed by atoms with van der Waals surface area (Å²) in [5.74, 6) is 1.99. The molecule has 0 saturated carbocycles. The summed E-state index contributed by atoms with van der Waals surface area (Å²) in [7, 11) is 1.57. The highest BCUT2D eigenvalue weighted by Gasteiger charge is 2.10. The van der Waals surface area contributed by atoms with E-state index in [4.69, 9.17) is 15.2 Å². The topological polar surface area (TPSA) is 70.3 Å². The van der Waals surface area contributed by atoms with Crippen LogP contribution < -0.4 is 15.2 Å². The number of aromatic nitrogens is 2. The molecule has 0 aliphatic heterocycles. The maximum atomic E-state index is 5.68. The average Bonchev–Trinajstić information content (AvgIpc) is 2.79. The molecule has 0 atom stereocenters. The Balaban J connectivity index is 2.17. The van der Waals surface area contributed by atoms with Gasteiger partial charge in [0.25, 0.3) is 5.19 Å². The maximum absolute atomic E-state index is 5.68. The average molecular weight is 265 g/mol. The number of hydrogen-bond acceptors (Lipinski definition) is 6. The van der Waals surface area contributed by atoms with Crippen LogP contribution in [0.1, 0.15) is 19.2 Å². The molecule has 0 amide bonds. The van der Waals surface area contributed by atoms with Crippen LogP contribution in [0.15, 0.2) is 18.2 Å². The Morgan fingerprint density at radius 1 is 1.33 bits per heavy atom. The standard InChI is InChI=1S/C12H15N3O2S/c1-3-4-11-14-12(18-15-11)17-9-6-5-8(13)7-10(9)16-2/h5-7H,3-4,13H2,1-2H3. The van der Waals surface area contributed by atoms with Gasteiger partial charge < -0.3 is 15.2 Å². The summed E-state index contributed by atoms with van der Waals surface area (Å²) in [6.45, 7) is 2.09. The van der Waals surface area contributed by atoms with Gasteiger partial charge in [-0.15, -0.1) is 0 Å². The minimum absolute atomic E-state index is 0.515. The Morgan fingerprint density at radius 2 is 2.17 bits per heavy atom. The second-order valence-electron chi connectivity index (χ2n) is 3.74. The molecule has 0 bridgehead atoms. The second-order valence-corrected chi connectivity index (χ2v) is 4.45. The molecule has 1 aromatic carbocycles. The van der Waals surface area contributed by atoms with E-state index in [1.165, 1.54) is 11.5 Å². The molecule has 0 saturated heterocycles. The summed E-state index contributed by atoms with van der Waals surface area (Å²) >= 11 is 1.24. The van der Waals surface area contributed by atoms with Crippen molar-refractivity contribution in [2.75, 3.05) is 12.8 Å². The molecule has 0 radical (unpaired) electrons. The highest BCUT2D eigenvalue weighted by Crippen LogP contribution is 2.33. The highest BCUT2D eigenvalue weighted by molar-refractivity contribution is 7.07. The lowest BCUT2D eigenvalue weighted by Crippen LogP contribution is -1.93. The zero-order valence-electron chi connectivity index (χ0n) is 10.3. The molecule has 1 aromatic heterocycles. The van der Waals surface area contributed by atoms with E-state index in [0.717, 1.165) is 18.7 Å². The van der Waals surface area contributed by atoms with Crippen molar-refractivity contribution < 1.29 is 9.47 Å². The van der Waals surface area contributed by atoms with Crippen LogP contribution in [0.4, 0.5) is 5.69 Å². The lowest BCUT2D eigenvalue weighted by molar-refractivity contribution is 0.378. The van der Waals surface area contributed by atoms with Gasteiger partial charge in [-0.2, -0.15) is 9.36 Å². The van der Waals surface area contributed by atoms with Gasteiger partial charge in [0.15, 0.2) is 11.5 Å². The van der Waals surface area contributed by atoms with E-state index in [1.54, 1.807) is 25.3 Å². The largest absolute Gasteiger partial charge is 0.493 e. The van der Waals surface area contributed by atoms with E-state index >= 15 is 0 Å². The first-order chi connectivity index (χ1) is 8.72. The number of rotatable bonds is 5. The molecule has 0 aliphatic carbocycles. The molecule has 0 aliphatic rings. The third kappa shape index (κ3) is 2.89. The van der Waals surface area contributed by atoms with Crippen molar-refractivity contribution >= 4 is 17.2 Å². The summed E-state index contributed by atoms with van der Waals surface area (Å²) < 4.78 is 15.1. The first kappa shape index (κ1) is 12.6. The number of nitrogen functional groups attached to an aromatic ring is 1. The molecule has 6 heteroatoms. The third-order valence-corrected chi connectivity index (χ3v) is 2.94. The van der Waals surface area contributed by atoms with Crippen molar-refractivity contribution in [3.05, 3.63) is 24.0 Å². The van der Waals surface area contributed by atoms with Crippen LogP contribution in [0.2, 0.25) is 0 Å². The predicted octanol–water partition coefficient (Wildman–Crippen LogP) is 2.87. The van der Waals surface area contributed by atoms with Crippen molar-refractivity contribution in [2.45, 2.75) is 19.8 Å². The van der Waals surface area contributed by atoms with Gasteiger partial charge in [0.1, 0.15) is 5.82 Å². The maximum Gasteiger partial charge on any atom is 0.298 e. The number of methoxy groups -OCH3 is 1.